The van der Waals surface area contributed by atoms with Crippen LogP contribution in [0.15, 0.2) is 0 Å². The van der Waals surface area contributed by atoms with Gasteiger partial charge in [0.25, 0.3) is 0 Å². The average Bonchev–Trinajstić information content (AvgIpc) is 2.67. The molecule has 5 rings (SSSR count). The molecule has 1 saturated heterocycles. The largest absolute Gasteiger partial charge is 0.460 e. The highest BCUT2D eigenvalue weighted by molar-refractivity contribution is 5.75. The van der Waals surface area contributed by atoms with E-state index in [0.717, 1.165) is 26.2 Å². The van der Waals surface area contributed by atoms with E-state index in [4.69, 9.17) is 9.47 Å². The minimum absolute atomic E-state index is 0.159. The zero-order chi connectivity index (χ0) is 24.7. The van der Waals surface area contributed by atoms with Crippen molar-refractivity contribution in [3.63, 3.8) is 0 Å². The molecule has 5 aliphatic rings. The molecule has 33 heavy (non-hydrogen) atoms. The molecule has 1 N–H and O–H groups in total. The van der Waals surface area contributed by atoms with Gasteiger partial charge < -0.3 is 19.3 Å². The first-order chi connectivity index (χ1) is 15.0. The number of aliphatic hydroxyl groups is 1. The van der Waals surface area contributed by atoms with Crippen LogP contribution in [0.3, 0.4) is 0 Å². The fraction of sp³-hybridized carbons (Fsp3) is 0.957. The maximum atomic E-state index is 15.6. The minimum atomic E-state index is -5.80. The molecule has 3 unspecified atom stereocenters. The van der Waals surface area contributed by atoms with Crippen LogP contribution >= 0.6 is 0 Å². The van der Waals surface area contributed by atoms with E-state index in [1.54, 1.807) is 20.8 Å². The van der Waals surface area contributed by atoms with E-state index in [-0.39, 0.29) is 17.8 Å². The van der Waals surface area contributed by atoms with Crippen LogP contribution in [0.1, 0.15) is 72.6 Å². The number of alkyl halides is 5. The van der Waals surface area contributed by atoms with Crippen LogP contribution in [-0.2, 0) is 19.0 Å². The van der Waals surface area contributed by atoms with Crippen molar-refractivity contribution in [1.29, 1.82) is 0 Å². The molecule has 1 heterocycles. The van der Waals surface area contributed by atoms with Crippen molar-refractivity contribution >= 4 is 5.97 Å². The third-order valence-corrected chi connectivity index (χ3v) is 8.44. The fourth-order valence-corrected chi connectivity index (χ4v) is 6.76. The van der Waals surface area contributed by atoms with E-state index in [9.17, 15) is 23.1 Å². The fourth-order valence-electron chi connectivity index (χ4n) is 6.76. The Morgan fingerprint density at radius 2 is 1.55 bits per heavy atom. The molecule has 4 bridgehead atoms. The highest BCUT2D eigenvalue weighted by Gasteiger charge is 2.81. The van der Waals surface area contributed by atoms with Gasteiger partial charge in [0.2, 0.25) is 5.79 Å². The Hall–Kier alpha value is -1.00. The highest BCUT2D eigenvalue weighted by atomic mass is 19.4. The lowest BCUT2D eigenvalue weighted by Gasteiger charge is -2.63. The third-order valence-electron chi connectivity index (χ3n) is 8.44. The summed E-state index contributed by atoms with van der Waals surface area (Å²) in [7, 11) is 0. The van der Waals surface area contributed by atoms with Crippen molar-refractivity contribution in [2.75, 3.05) is 6.61 Å². The first-order valence-electron chi connectivity index (χ1n) is 11.7. The van der Waals surface area contributed by atoms with Crippen LogP contribution in [0.25, 0.3) is 0 Å². The zero-order valence-electron chi connectivity index (χ0n) is 19.4. The van der Waals surface area contributed by atoms with E-state index in [1.165, 1.54) is 0 Å². The van der Waals surface area contributed by atoms with Gasteiger partial charge in [-0.2, -0.15) is 22.0 Å². The lowest BCUT2D eigenvalue weighted by Crippen LogP contribution is -2.77. The van der Waals surface area contributed by atoms with Crippen molar-refractivity contribution in [3.05, 3.63) is 0 Å². The number of halogens is 5. The summed E-state index contributed by atoms with van der Waals surface area (Å²) in [5.74, 6) is -12.2. The Morgan fingerprint density at radius 3 is 1.97 bits per heavy atom. The Bertz CT molecular complexity index is 759. The molecule has 0 amide bonds. The van der Waals surface area contributed by atoms with Crippen molar-refractivity contribution < 1.29 is 46.1 Å². The molecule has 5 nitrogen and oxygen atoms in total. The van der Waals surface area contributed by atoms with Gasteiger partial charge in [0.1, 0.15) is 12.7 Å². The van der Waals surface area contributed by atoms with Crippen LogP contribution in [0.2, 0.25) is 0 Å². The van der Waals surface area contributed by atoms with Gasteiger partial charge in [0, 0.05) is 5.41 Å². The van der Waals surface area contributed by atoms with Crippen LogP contribution in [0.4, 0.5) is 22.0 Å². The summed E-state index contributed by atoms with van der Waals surface area (Å²) in [6.45, 7) is 5.09. The molecule has 4 saturated carbocycles. The number of ether oxygens (including phenoxy) is 3. The summed E-state index contributed by atoms with van der Waals surface area (Å²) < 4.78 is 88.4. The van der Waals surface area contributed by atoms with E-state index in [2.05, 4.69) is 4.74 Å². The van der Waals surface area contributed by atoms with Gasteiger partial charge in [0.05, 0.1) is 5.41 Å². The minimum Gasteiger partial charge on any atom is -0.460 e. The van der Waals surface area contributed by atoms with Crippen molar-refractivity contribution in [3.8, 4) is 0 Å². The molecule has 5 fully saturated rings. The average molecular weight is 485 g/mol. The van der Waals surface area contributed by atoms with E-state index >= 15 is 8.78 Å². The second-order valence-electron chi connectivity index (χ2n) is 11.6. The summed E-state index contributed by atoms with van der Waals surface area (Å²) in [5, 5.41) is 10.4. The van der Waals surface area contributed by atoms with Gasteiger partial charge in [0.15, 0.2) is 0 Å². The molecule has 0 aromatic carbocycles. The molecular formula is C23H33F5O5. The van der Waals surface area contributed by atoms with Crippen LogP contribution in [-0.4, -0.2) is 47.5 Å². The molecule has 0 aromatic heterocycles. The number of esters is 1. The number of hydrogen-bond acceptors (Lipinski definition) is 5. The number of carbonyl (C=O) groups excluding carboxylic acids is 1. The van der Waals surface area contributed by atoms with Gasteiger partial charge in [-0.15, -0.1) is 0 Å². The maximum absolute atomic E-state index is 15.6. The van der Waals surface area contributed by atoms with E-state index in [1.807, 2.05) is 0 Å². The molecular weight excluding hydrogens is 451 g/mol. The quantitative estimate of drug-likeness (QED) is 0.429. The topological polar surface area (TPSA) is 65.0 Å². The SMILES string of the molecule is CCC(C)(C)C(=O)OCC1(C)OC(C23CC4CC(CC(C4)C2)C3)C(F)(F)C(O)(C(F)(F)F)O1. The van der Waals surface area contributed by atoms with Gasteiger partial charge in [-0.3, -0.25) is 4.79 Å². The number of carbonyl (C=O) groups is 1. The first kappa shape index (κ1) is 25.1. The molecule has 0 aromatic rings. The molecule has 4 aliphatic carbocycles. The van der Waals surface area contributed by atoms with Gasteiger partial charge in [-0.05, 0) is 83.5 Å². The predicted molar refractivity (Wildman–Crippen MR) is 106 cm³/mol. The Balaban J connectivity index is 1.69. The first-order valence-corrected chi connectivity index (χ1v) is 11.7. The van der Waals surface area contributed by atoms with Crippen LogP contribution in [0.5, 0.6) is 0 Å². The van der Waals surface area contributed by atoms with Gasteiger partial charge >= 0.3 is 23.9 Å². The lowest BCUT2D eigenvalue weighted by molar-refractivity contribution is -0.538. The summed E-state index contributed by atoms with van der Waals surface area (Å²) in [4.78, 5) is 12.4. The van der Waals surface area contributed by atoms with Crippen LogP contribution in [0, 0.1) is 28.6 Å². The normalized spacial score (nSPS) is 44.7. The Morgan fingerprint density at radius 1 is 1.06 bits per heavy atom. The molecule has 0 spiro atoms. The third kappa shape index (κ3) is 3.88. The Labute approximate surface area is 190 Å². The molecule has 190 valence electrons. The second kappa shape index (κ2) is 7.50. The monoisotopic (exact) mass is 484 g/mol. The standard InChI is InChI=1S/C23H33F5O5/c1-5-18(2,3)17(29)31-12-19(4)32-16(21(24,25)22(30,33-19)23(26,27)28)20-9-13-6-14(10-20)8-15(7-13)11-20/h13-16,30H,5-12H2,1-4H3. The van der Waals surface area contributed by atoms with E-state index < -0.39 is 53.2 Å². The highest BCUT2D eigenvalue weighted by Crippen LogP contribution is 2.66. The lowest BCUT2D eigenvalue weighted by atomic mass is 9.47. The molecule has 0 radical (unpaired) electrons. The summed E-state index contributed by atoms with van der Waals surface area (Å²) in [6.07, 6.45) is -3.99. The smallest absolute Gasteiger partial charge is 0.449 e. The summed E-state index contributed by atoms with van der Waals surface area (Å²) in [6, 6.07) is 0. The van der Waals surface area contributed by atoms with Crippen molar-refractivity contribution in [2.24, 2.45) is 28.6 Å². The maximum Gasteiger partial charge on any atom is 0.449 e. The molecule has 1 aliphatic heterocycles. The van der Waals surface area contributed by atoms with Crippen molar-refractivity contribution in [2.45, 2.75) is 102 Å². The van der Waals surface area contributed by atoms with Crippen LogP contribution < -0.4 is 0 Å². The van der Waals surface area contributed by atoms with Gasteiger partial charge in [-0.1, -0.05) is 6.92 Å². The second-order valence-corrected chi connectivity index (χ2v) is 11.6. The van der Waals surface area contributed by atoms with Gasteiger partial charge in [-0.25, -0.2) is 0 Å². The number of hydrogen-bond donors (Lipinski definition) is 1. The summed E-state index contributed by atoms with van der Waals surface area (Å²) >= 11 is 0. The molecule has 10 heteroatoms. The summed E-state index contributed by atoms with van der Waals surface area (Å²) in [5.41, 5.74) is -2.14. The van der Waals surface area contributed by atoms with Crippen molar-refractivity contribution in [1.82, 2.24) is 0 Å². The number of rotatable bonds is 5. The predicted octanol–water partition coefficient (Wildman–Crippen LogP) is 5.20. The van der Waals surface area contributed by atoms with E-state index in [0.29, 0.717) is 25.7 Å². The Kier molecular flexibility index (Phi) is 5.70. The molecule has 3 atom stereocenters. The zero-order valence-corrected chi connectivity index (χ0v) is 19.4.